The fraction of sp³-hybridized carbons (Fsp3) is 0.393. The second-order valence-electron chi connectivity index (χ2n) is 8.67. The van der Waals surface area contributed by atoms with Crippen molar-refractivity contribution >= 4 is 36.3 Å². The van der Waals surface area contributed by atoms with Gasteiger partial charge in [0, 0.05) is 50.4 Å². The van der Waals surface area contributed by atoms with Crippen molar-refractivity contribution in [2.24, 2.45) is 0 Å². The topological polar surface area (TPSA) is 54.7 Å². The Hall–Kier alpha value is -2.50. The zero-order valence-corrected chi connectivity index (χ0v) is 21.8. The van der Waals surface area contributed by atoms with Crippen LogP contribution in [0.3, 0.4) is 0 Å². The molecule has 3 aromatic rings. The molecule has 4 rings (SSSR count). The summed E-state index contributed by atoms with van der Waals surface area (Å²) < 4.78 is 25.9. The van der Waals surface area contributed by atoms with E-state index in [2.05, 4.69) is 87.7 Å². The first-order valence-electron chi connectivity index (χ1n) is 12.6. The molecule has 0 spiro atoms. The quantitative estimate of drug-likeness (QED) is 0.287. The molecule has 1 fully saturated rings. The number of hydrogen-bond donors (Lipinski definition) is 1. The Kier molecular flexibility index (Phi) is 9.11. The van der Waals surface area contributed by atoms with E-state index in [9.17, 15) is 4.57 Å². The lowest BCUT2D eigenvalue weighted by Crippen LogP contribution is -2.43. The maximum absolute atomic E-state index is 12.8. The van der Waals surface area contributed by atoms with Crippen LogP contribution in [-0.4, -0.2) is 45.6 Å². The molecule has 0 bridgehead atoms. The van der Waals surface area contributed by atoms with E-state index < -0.39 is 7.60 Å². The highest BCUT2D eigenvalue weighted by atomic mass is 31.2. The van der Waals surface area contributed by atoms with Crippen molar-refractivity contribution in [1.82, 2.24) is 5.32 Å². The van der Waals surface area contributed by atoms with Crippen LogP contribution in [0.4, 0.5) is 5.69 Å². The van der Waals surface area contributed by atoms with Gasteiger partial charge in [-0.1, -0.05) is 36.4 Å². The molecule has 2 aromatic carbocycles. The van der Waals surface area contributed by atoms with Crippen LogP contribution in [0.25, 0.3) is 23.1 Å². The first-order valence-corrected chi connectivity index (χ1v) is 14.4. The molecule has 35 heavy (non-hydrogen) atoms. The minimum absolute atomic E-state index is 0.396. The molecule has 1 N–H and O–H groups in total. The molecule has 0 aliphatic carbocycles. The molecule has 186 valence electrons. The third kappa shape index (κ3) is 6.80. The maximum atomic E-state index is 12.8. The summed E-state index contributed by atoms with van der Waals surface area (Å²) in [6.07, 6.45) is 7.61. The highest BCUT2D eigenvalue weighted by molar-refractivity contribution is 7.53. The van der Waals surface area contributed by atoms with E-state index in [1.54, 1.807) is 0 Å². The van der Waals surface area contributed by atoms with Crippen LogP contribution in [0, 0.1) is 0 Å². The van der Waals surface area contributed by atoms with Crippen LogP contribution in [0.15, 0.2) is 60.8 Å². The van der Waals surface area contributed by atoms with Gasteiger partial charge in [-0.3, -0.25) is 4.57 Å². The van der Waals surface area contributed by atoms with Gasteiger partial charge < -0.3 is 19.3 Å². The number of piperazine rings is 1. The van der Waals surface area contributed by atoms with Gasteiger partial charge in [0.25, 0.3) is 0 Å². The molecule has 0 saturated carbocycles. The highest BCUT2D eigenvalue weighted by Gasteiger charge is 2.24. The summed E-state index contributed by atoms with van der Waals surface area (Å²) in [6.45, 7) is 9.44. The van der Waals surface area contributed by atoms with E-state index in [-0.39, 0.29) is 0 Å². The lowest BCUT2D eigenvalue weighted by molar-refractivity contribution is -0.671. The number of rotatable bonds is 11. The van der Waals surface area contributed by atoms with Gasteiger partial charge >= 0.3 is 7.60 Å². The molecule has 1 saturated heterocycles. The Morgan fingerprint density at radius 2 is 1.69 bits per heavy atom. The zero-order valence-electron chi connectivity index (χ0n) is 20.9. The van der Waals surface area contributed by atoms with Crippen LogP contribution in [0.1, 0.15) is 31.4 Å². The molecule has 1 aliphatic rings. The Labute approximate surface area is 209 Å². The van der Waals surface area contributed by atoms with Gasteiger partial charge in [-0.2, -0.15) is 4.57 Å². The predicted octanol–water partition coefficient (Wildman–Crippen LogP) is 5.36. The van der Waals surface area contributed by atoms with Crippen molar-refractivity contribution in [2.75, 3.05) is 50.5 Å². The normalized spacial score (nSPS) is 14.7. The molecule has 0 atom stereocenters. The third-order valence-corrected chi connectivity index (χ3v) is 8.44. The number of benzene rings is 2. The molecule has 0 unspecified atom stereocenters. The zero-order chi connectivity index (χ0) is 24.5. The van der Waals surface area contributed by atoms with Gasteiger partial charge in [0.15, 0.2) is 6.20 Å². The number of para-hydroxylation sites is 1. The minimum Gasteiger partial charge on any atom is -0.369 e. The highest BCUT2D eigenvalue weighted by Crippen LogP contribution is 2.48. The SMILES string of the molecule is CCOP(=O)(CCC[n+]1ccc(C=Cc2ccc(N3CCNCC3)cc2)c2ccccc21)OCC. The summed E-state index contributed by atoms with van der Waals surface area (Å²) in [6, 6.07) is 19.4. The van der Waals surface area contributed by atoms with E-state index in [1.807, 2.05) is 13.8 Å². The first-order chi connectivity index (χ1) is 17.1. The van der Waals surface area contributed by atoms with Gasteiger partial charge in [-0.05, 0) is 43.2 Å². The standard InChI is InChI=1S/C28H37N3O3P/c1-3-33-35(32,34-4-2)23-7-19-31-20-16-25(27-8-5-6-9-28(27)31)13-10-24-11-14-26(15-12-24)30-21-17-29-18-22-30/h5-6,8-16,20,29H,3-4,7,17-19,21-23H2,1-2H3/q+1. The van der Waals surface area contributed by atoms with E-state index in [4.69, 9.17) is 9.05 Å². The number of nitrogens with zero attached hydrogens (tertiary/aromatic N) is 2. The second-order valence-corrected chi connectivity index (χ2v) is 10.9. The molecule has 2 heterocycles. The number of hydrogen-bond acceptors (Lipinski definition) is 5. The number of nitrogens with one attached hydrogen (secondary N) is 1. The molecule has 0 amide bonds. The van der Waals surface area contributed by atoms with Gasteiger partial charge in [-0.25, -0.2) is 0 Å². The average molecular weight is 495 g/mol. The lowest BCUT2D eigenvalue weighted by Gasteiger charge is -2.29. The Morgan fingerprint density at radius 3 is 2.40 bits per heavy atom. The third-order valence-electron chi connectivity index (χ3n) is 6.27. The molecule has 6 nitrogen and oxygen atoms in total. The molecule has 1 aromatic heterocycles. The van der Waals surface area contributed by atoms with E-state index in [1.165, 1.54) is 22.2 Å². The smallest absolute Gasteiger partial charge is 0.330 e. The first kappa shape index (κ1) is 25.6. The molecule has 0 radical (unpaired) electrons. The number of fused-ring (bicyclic) bond motifs is 1. The van der Waals surface area contributed by atoms with Gasteiger partial charge in [-0.15, -0.1) is 0 Å². The fourth-order valence-electron chi connectivity index (χ4n) is 4.55. The summed E-state index contributed by atoms with van der Waals surface area (Å²) in [7, 11) is -3.01. The van der Waals surface area contributed by atoms with Crippen molar-refractivity contribution in [1.29, 1.82) is 0 Å². The summed E-state index contributed by atoms with van der Waals surface area (Å²) in [5.41, 5.74) is 4.81. The average Bonchev–Trinajstić information content (AvgIpc) is 2.89. The summed E-state index contributed by atoms with van der Waals surface area (Å²) in [4.78, 5) is 2.43. The number of pyridine rings is 1. The van der Waals surface area contributed by atoms with Gasteiger partial charge in [0.2, 0.25) is 5.52 Å². The van der Waals surface area contributed by atoms with Crippen LogP contribution in [-0.2, 0) is 20.2 Å². The van der Waals surface area contributed by atoms with Crippen LogP contribution >= 0.6 is 7.60 Å². The second kappa shape index (κ2) is 12.5. The Balaban J connectivity index is 1.46. The van der Waals surface area contributed by atoms with E-state index in [0.29, 0.717) is 19.4 Å². The van der Waals surface area contributed by atoms with Crippen molar-refractivity contribution < 1.29 is 18.2 Å². The Morgan fingerprint density at radius 1 is 0.971 bits per heavy atom. The van der Waals surface area contributed by atoms with Crippen molar-refractivity contribution in [3.63, 3.8) is 0 Å². The predicted molar refractivity (Wildman–Crippen MR) is 145 cm³/mol. The van der Waals surface area contributed by atoms with Gasteiger partial charge in [0.1, 0.15) is 6.54 Å². The Bertz CT molecular complexity index is 1160. The van der Waals surface area contributed by atoms with Crippen LogP contribution < -0.4 is 14.8 Å². The summed E-state index contributed by atoms with van der Waals surface area (Å²) >= 11 is 0. The molecular weight excluding hydrogens is 457 g/mol. The fourth-order valence-corrected chi connectivity index (χ4v) is 6.20. The maximum Gasteiger partial charge on any atom is 0.330 e. The lowest BCUT2D eigenvalue weighted by atomic mass is 10.1. The molecule has 7 heteroatoms. The van der Waals surface area contributed by atoms with Crippen LogP contribution in [0.5, 0.6) is 0 Å². The molecule has 1 aliphatic heterocycles. The number of aryl methyl sites for hydroxylation is 1. The van der Waals surface area contributed by atoms with Crippen molar-refractivity contribution in [2.45, 2.75) is 26.8 Å². The van der Waals surface area contributed by atoms with E-state index >= 15 is 0 Å². The van der Waals surface area contributed by atoms with Crippen LogP contribution in [0.2, 0.25) is 0 Å². The number of aromatic nitrogens is 1. The van der Waals surface area contributed by atoms with E-state index in [0.717, 1.165) is 44.7 Å². The van der Waals surface area contributed by atoms with Gasteiger partial charge in [0.05, 0.1) is 24.8 Å². The summed E-state index contributed by atoms with van der Waals surface area (Å²) in [5.74, 6) is 0. The van der Waals surface area contributed by atoms with Crippen molar-refractivity contribution in [3.05, 3.63) is 71.9 Å². The largest absolute Gasteiger partial charge is 0.369 e. The monoisotopic (exact) mass is 494 g/mol. The van der Waals surface area contributed by atoms with Crippen molar-refractivity contribution in [3.8, 4) is 0 Å². The number of anilines is 1. The minimum atomic E-state index is -3.01. The summed E-state index contributed by atoms with van der Waals surface area (Å²) in [5, 5.41) is 4.60. The molecular formula is C28H37N3O3P+.